The monoisotopic (exact) mass is 230 g/mol. The zero-order chi connectivity index (χ0) is 12.0. The highest BCUT2D eigenvalue weighted by Crippen LogP contribution is 2.19. The average Bonchev–Trinajstić information content (AvgIpc) is 2.28. The molecule has 0 unspecified atom stereocenters. The Labute approximate surface area is 97.2 Å². The van der Waals surface area contributed by atoms with E-state index in [1.807, 2.05) is 0 Å². The minimum Gasteiger partial charge on any atom is -0.467 e. The number of methoxy groups -OCH3 is 1. The molecular formula is C12H22O4. The number of hydrogen-bond acceptors (Lipinski definition) is 4. The van der Waals surface area contributed by atoms with E-state index in [1.54, 1.807) is 0 Å². The first-order valence-corrected chi connectivity index (χ1v) is 5.98. The van der Waals surface area contributed by atoms with Crippen molar-refractivity contribution >= 4 is 5.97 Å². The van der Waals surface area contributed by atoms with E-state index >= 15 is 0 Å². The molecule has 0 spiro atoms. The smallest absolute Gasteiger partial charge is 0.335 e. The Morgan fingerprint density at radius 3 is 2.69 bits per heavy atom. The molecule has 4 heteroatoms. The molecule has 0 saturated carbocycles. The topological polar surface area (TPSA) is 44.8 Å². The molecule has 4 nitrogen and oxygen atoms in total. The van der Waals surface area contributed by atoms with E-state index in [2.05, 4.69) is 13.8 Å². The van der Waals surface area contributed by atoms with Crippen LogP contribution >= 0.6 is 0 Å². The van der Waals surface area contributed by atoms with Crippen LogP contribution in [-0.2, 0) is 19.0 Å². The Morgan fingerprint density at radius 1 is 1.44 bits per heavy atom. The van der Waals surface area contributed by atoms with Crippen LogP contribution in [-0.4, -0.2) is 32.1 Å². The van der Waals surface area contributed by atoms with E-state index in [1.165, 1.54) is 7.11 Å². The molecule has 0 radical (unpaired) electrons. The van der Waals surface area contributed by atoms with Gasteiger partial charge in [0.05, 0.1) is 7.11 Å². The van der Waals surface area contributed by atoms with Gasteiger partial charge in [-0.3, -0.25) is 0 Å². The van der Waals surface area contributed by atoms with Gasteiger partial charge in [0.1, 0.15) is 0 Å². The van der Waals surface area contributed by atoms with Crippen molar-refractivity contribution in [2.24, 2.45) is 5.92 Å². The second-order valence-electron chi connectivity index (χ2n) is 4.57. The predicted molar refractivity (Wildman–Crippen MR) is 59.9 cm³/mol. The second kappa shape index (κ2) is 6.86. The zero-order valence-electron chi connectivity index (χ0n) is 10.4. The average molecular weight is 230 g/mol. The van der Waals surface area contributed by atoms with Gasteiger partial charge in [0.2, 0.25) is 0 Å². The summed E-state index contributed by atoms with van der Waals surface area (Å²) in [6, 6.07) is 0. The second-order valence-corrected chi connectivity index (χ2v) is 4.57. The molecule has 1 aliphatic rings. The highest BCUT2D eigenvalue weighted by molar-refractivity contribution is 5.74. The van der Waals surface area contributed by atoms with E-state index in [0.717, 1.165) is 25.9 Å². The summed E-state index contributed by atoms with van der Waals surface area (Å²) in [5, 5.41) is 0. The van der Waals surface area contributed by atoms with E-state index in [-0.39, 0.29) is 12.3 Å². The first kappa shape index (κ1) is 13.5. The van der Waals surface area contributed by atoms with Crippen LogP contribution in [0.5, 0.6) is 0 Å². The van der Waals surface area contributed by atoms with Gasteiger partial charge < -0.3 is 14.2 Å². The van der Waals surface area contributed by atoms with Gasteiger partial charge in [0, 0.05) is 6.61 Å². The quantitative estimate of drug-likeness (QED) is 0.679. The molecule has 1 heterocycles. The molecule has 0 aromatic heterocycles. The van der Waals surface area contributed by atoms with Crippen LogP contribution in [0.25, 0.3) is 0 Å². The fourth-order valence-electron chi connectivity index (χ4n) is 1.77. The van der Waals surface area contributed by atoms with Crippen molar-refractivity contribution < 1.29 is 19.0 Å². The zero-order valence-corrected chi connectivity index (χ0v) is 10.4. The summed E-state index contributed by atoms with van der Waals surface area (Å²) in [4.78, 5) is 11.5. The molecule has 1 rings (SSSR count). The maximum Gasteiger partial charge on any atom is 0.335 e. The SMILES string of the molecule is COC(=O)[C@H](CC(C)C)O[C@H]1CCCCO1. The number of ether oxygens (including phenoxy) is 3. The van der Waals surface area contributed by atoms with Crippen molar-refractivity contribution in [3.63, 3.8) is 0 Å². The molecule has 0 aromatic rings. The van der Waals surface area contributed by atoms with Crippen LogP contribution in [0, 0.1) is 5.92 Å². The van der Waals surface area contributed by atoms with E-state index in [9.17, 15) is 4.79 Å². The Balaban J connectivity index is 2.44. The summed E-state index contributed by atoms with van der Waals surface area (Å²) in [6.07, 6.45) is 2.98. The van der Waals surface area contributed by atoms with Gasteiger partial charge in [-0.05, 0) is 31.6 Å². The first-order valence-electron chi connectivity index (χ1n) is 5.98. The van der Waals surface area contributed by atoms with Gasteiger partial charge in [-0.2, -0.15) is 0 Å². The van der Waals surface area contributed by atoms with Crippen LogP contribution in [0.4, 0.5) is 0 Å². The summed E-state index contributed by atoms with van der Waals surface area (Å²) in [5.74, 6) is 0.0931. The molecule has 0 N–H and O–H groups in total. The Morgan fingerprint density at radius 2 is 2.19 bits per heavy atom. The number of hydrogen-bond donors (Lipinski definition) is 0. The number of carbonyl (C=O) groups excluding carboxylic acids is 1. The van der Waals surface area contributed by atoms with Crippen molar-refractivity contribution in [3.8, 4) is 0 Å². The lowest BCUT2D eigenvalue weighted by atomic mass is 10.1. The molecule has 1 saturated heterocycles. The van der Waals surface area contributed by atoms with E-state index < -0.39 is 6.10 Å². The normalized spacial score (nSPS) is 23.1. The Bertz CT molecular complexity index is 209. The molecule has 0 bridgehead atoms. The Hall–Kier alpha value is -0.610. The third-order valence-electron chi connectivity index (χ3n) is 2.60. The van der Waals surface area contributed by atoms with Crippen LogP contribution in [0.1, 0.15) is 39.5 Å². The molecule has 1 fully saturated rings. The lowest BCUT2D eigenvalue weighted by Crippen LogP contribution is -2.34. The highest BCUT2D eigenvalue weighted by Gasteiger charge is 2.26. The minimum absolute atomic E-state index is 0.239. The van der Waals surface area contributed by atoms with Gasteiger partial charge in [-0.15, -0.1) is 0 Å². The van der Waals surface area contributed by atoms with Crippen LogP contribution in [0.3, 0.4) is 0 Å². The maximum absolute atomic E-state index is 11.5. The number of carbonyl (C=O) groups is 1. The van der Waals surface area contributed by atoms with Crippen molar-refractivity contribution in [1.82, 2.24) is 0 Å². The molecule has 0 aliphatic carbocycles. The van der Waals surface area contributed by atoms with Gasteiger partial charge in [0.15, 0.2) is 12.4 Å². The molecule has 1 aliphatic heterocycles. The van der Waals surface area contributed by atoms with Crippen LogP contribution in [0.15, 0.2) is 0 Å². The van der Waals surface area contributed by atoms with Gasteiger partial charge in [-0.25, -0.2) is 4.79 Å². The molecular weight excluding hydrogens is 208 g/mol. The van der Waals surface area contributed by atoms with Crippen molar-refractivity contribution in [1.29, 1.82) is 0 Å². The fraction of sp³-hybridized carbons (Fsp3) is 0.917. The summed E-state index contributed by atoms with van der Waals surface area (Å²) in [5.41, 5.74) is 0. The van der Waals surface area contributed by atoms with Crippen molar-refractivity contribution in [2.75, 3.05) is 13.7 Å². The number of esters is 1. The largest absolute Gasteiger partial charge is 0.467 e. The highest BCUT2D eigenvalue weighted by atomic mass is 16.7. The van der Waals surface area contributed by atoms with Crippen molar-refractivity contribution in [3.05, 3.63) is 0 Å². The van der Waals surface area contributed by atoms with Crippen molar-refractivity contribution in [2.45, 2.75) is 51.9 Å². The van der Waals surface area contributed by atoms with E-state index in [4.69, 9.17) is 14.2 Å². The fourth-order valence-corrected chi connectivity index (χ4v) is 1.77. The molecule has 0 aromatic carbocycles. The molecule has 16 heavy (non-hydrogen) atoms. The summed E-state index contributed by atoms with van der Waals surface area (Å²) in [6.45, 7) is 4.84. The van der Waals surface area contributed by atoms with Gasteiger partial charge in [-0.1, -0.05) is 13.8 Å². The lowest BCUT2D eigenvalue weighted by molar-refractivity contribution is -0.204. The lowest BCUT2D eigenvalue weighted by Gasteiger charge is -2.27. The third kappa shape index (κ3) is 4.49. The maximum atomic E-state index is 11.5. The number of rotatable bonds is 5. The summed E-state index contributed by atoms with van der Waals surface area (Å²) in [7, 11) is 1.39. The first-order chi connectivity index (χ1) is 7.63. The van der Waals surface area contributed by atoms with Crippen LogP contribution in [0.2, 0.25) is 0 Å². The summed E-state index contributed by atoms with van der Waals surface area (Å²) < 4.78 is 15.8. The summed E-state index contributed by atoms with van der Waals surface area (Å²) >= 11 is 0. The van der Waals surface area contributed by atoms with Gasteiger partial charge >= 0.3 is 5.97 Å². The minimum atomic E-state index is -0.493. The standard InChI is InChI=1S/C12H22O4/c1-9(2)8-10(12(13)14-3)16-11-6-4-5-7-15-11/h9-11H,4-8H2,1-3H3/t10-,11-/m0/s1. The van der Waals surface area contributed by atoms with Crippen LogP contribution < -0.4 is 0 Å². The molecule has 2 atom stereocenters. The Kier molecular flexibility index (Phi) is 5.77. The van der Waals surface area contributed by atoms with Gasteiger partial charge in [0.25, 0.3) is 0 Å². The molecule has 0 amide bonds. The third-order valence-corrected chi connectivity index (χ3v) is 2.60. The molecule has 94 valence electrons. The van der Waals surface area contributed by atoms with E-state index in [0.29, 0.717) is 12.3 Å². The predicted octanol–water partition coefficient (Wildman–Crippen LogP) is 2.12.